The largest absolute Gasteiger partial charge is 0.488 e. The molecule has 0 unspecified atom stereocenters. The number of aromatic amines is 2. The lowest BCUT2D eigenvalue weighted by atomic mass is 10.0. The Morgan fingerprint density at radius 1 is 0.913 bits per heavy atom. The first-order valence-electron chi connectivity index (χ1n) is 7.24. The first kappa shape index (κ1) is 14.8. The fourth-order valence-corrected chi connectivity index (χ4v) is 2.46. The summed E-state index contributed by atoms with van der Waals surface area (Å²) in [6.07, 6.45) is 0. The van der Waals surface area contributed by atoms with Crippen molar-refractivity contribution in [1.82, 2.24) is 9.97 Å². The summed E-state index contributed by atoms with van der Waals surface area (Å²) in [5, 5.41) is 0. The molecule has 116 valence electrons. The maximum Gasteiger partial charge on any atom is 0.325 e. The molecule has 0 spiro atoms. The van der Waals surface area contributed by atoms with E-state index in [2.05, 4.69) is 9.97 Å². The van der Waals surface area contributed by atoms with Gasteiger partial charge < -0.3 is 9.72 Å². The van der Waals surface area contributed by atoms with Gasteiger partial charge >= 0.3 is 5.69 Å². The molecule has 5 heteroatoms. The van der Waals surface area contributed by atoms with Crippen molar-refractivity contribution in [1.29, 1.82) is 0 Å². The topological polar surface area (TPSA) is 75.0 Å². The van der Waals surface area contributed by atoms with Crippen LogP contribution in [-0.2, 0) is 6.61 Å². The molecule has 0 aliphatic carbocycles. The number of ether oxygens (including phenoxy) is 1. The van der Waals surface area contributed by atoms with E-state index in [0.29, 0.717) is 29.2 Å². The summed E-state index contributed by atoms with van der Waals surface area (Å²) >= 11 is 0. The Balaban J connectivity index is 1.99. The van der Waals surface area contributed by atoms with E-state index in [1.54, 1.807) is 13.0 Å². The van der Waals surface area contributed by atoms with Crippen molar-refractivity contribution >= 4 is 0 Å². The highest BCUT2D eigenvalue weighted by Gasteiger charge is 2.13. The minimum absolute atomic E-state index is 0.401. The molecule has 3 aromatic rings. The second kappa shape index (κ2) is 6.36. The van der Waals surface area contributed by atoms with E-state index in [1.807, 2.05) is 48.5 Å². The van der Waals surface area contributed by atoms with Crippen LogP contribution in [0, 0.1) is 6.92 Å². The Labute approximate surface area is 132 Å². The van der Waals surface area contributed by atoms with Gasteiger partial charge in [0.25, 0.3) is 5.56 Å². The van der Waals surface area contributed by atoms with Crippen molar-refractivity contribution in [3.8, 4) is 16.9 Å². The number of hydrogen-bond acceptors (Lipinski definition) is 3. The number of benzene rings is 2. The summed E-state index contributed by atoms with van der Waals surface area (Å²) in [5.74, 6) is 0.594. The number of para-hydroxylation sites is 1. The van der Waals surface area contributed by atoms with Gasteiger partial charge in [-0.05, 0) is 18.6 Å². The third-order valence-electron chi connectivity index (χ3n) is 3.52. The number of rotatable bonds is 4. The maximum atomic E-state index is 12.2. The van der Waals surface area contributed by atoms with Crippen LogP contribution in [0.15, 0.2) is 64.2 Å². The zero-order valence-corrected chi connectivity index (χ0v) is 12.6. The van der Waals surface area contributed by atoms with E-state index in [4.69, 9.17) is 4.74 Å². The van der Waals surface area contributed by atoms with Gasteiger partial charge in [0.15, 0.2) is 0 Å². The van der Waals surface area contributed by atoms with Crippen LogP contribution in [0.4, 0.5) is 0 Å². The molecule has 1 aromatic heterocycles. The first-order chi connectivity index (χ1) is 11.1. The molecular formula is C18H16N2O3. The van der Waals surface area contributed by atoms with Gasteiger partial charge in [0.05, 0.1) is 5.56 Å². The third kappa shape index (κ3) is 3.23. The number of H-pyrrole nitrogens is 2. The summed E-state index contributed by atoms with van der Waals surface area (Å²) in [4.78, 5) is 28.4. The second-order valence-electron chi connectivity index (χ2n) is 5.18. The van der Waals surface area contributed by atoms with Gasteiger partial charge in [-0.3, -0.25) is 9.78 Å². The third-order valence-corrected chi connectivity index (χ3v) is 3.52. The normalized spacial score (nSPS) is 10.5. The lowest BCUT2D eigenvalue weighted by molar-refractivity contribution is 0.307. The summed E-state index contributed by atoms with van der Waals surface area (Å²) in [6.45, 7) is 2.10. The molecule has 5 nitrogen and oxygen atoms in total. The molecule has 0 fully saturated rings. The Hall–Kier alpha value is -3.08. The summed E-state index contributed by atoms with van der Waals surface area (Å²) in [5.41, 5.74) is 1.66. The highest BCUT2D eigenvalue weighted by molar-refractivity contribution is 5.71. The van der Waals surface area contributed by atoms with Gasteiger partial charge in [-0.25, -0.2) is 4.79 Å². The summed E-state index contributed by atoms with van der Waals surface area (Å²) in [7, 11) is 0. The summed E-state index contributed by atoms with van der Waals surface area (Å²) in [6, 6.07) is 17.1. The maximum absolute atomic E-state index is 12.2. The summed E-state index contributed by atoms with van der Waals surface area (Å²) < 4.78 is 5.87. The molecule has 0 amide bonds. The molecule has 0 bridgehead atoms. The minimum Gasteiger partial charge on any atom is -0.488 e. The molecule has 2 N–H and O–H groups in total. The Morgan fingerprint density at radius 3 is 2.35 bits per heavy atom. The zero-order chi connectivity index (χ0) is 16.2. The number of hydrogen-bond donors (Lipinski definition) is 2. The predicted octanol–water partition coefficient (Wildman–Crippen LogP) is 2.62. The van der Waals surface area contributed by atoms with Gasteiger partial charge in [-0.1, -0.05) is 48.5 Å². The molecule has 2 aromatic carbocycles. The molecule has 1 heterocycles. The van der Waals surface area contributed by atoms with Crippen LogP contribution in [0.2, 0.25) is 0 Å². The molecule has 0 radical (unpaired) electrons. The fraction of sp³-hybridized carbons (Fsp3) is 0.111. The molecule has 0 saturated carbocycles. The monoisotopic (exact) mass is 308 g/mol. The predicted molar refractivity (Wildman–Crippen MR) is 88.6 cm³/mol. The quantitative estimate of drug-likeness (QED) is 0.778. The van der Waals surface area contributed by atoms with Gasteiger partial charge in [0.1, 0.15) is 12.4 Å². The smallest absolute Gasteiger partial charge is 0.325 e. The molecular weight excluding hydrogens is 292 g/mol. The number of nitrogens with one attached hydrogen (secondary N) is 2. The Kier molecular flexibility index (Phi) is 4.10. The SMILES string of the molecule is Cc1[nH]c(=O)[nH]c(=O)c1-c1ccccc1OCc1ccccc1. The van der Waals surface area contributed by atoms with Crippen molar-refractivity contribution in [3.05, 3.63) is 86.7 Å². The molecule has 0 aliphatic heterocycles. The Bertz CT molecular complexity index is 927. The van der Waals surface area contributed by atoms with E-state index < -0.39 is 11.2 Å². The molecule has 0 atom stereocenters. The van der Waals surface area contributed by atoms with E-state index in [-0.39, 0.29) is 0 Å². The lowest BCUT2D eigenvalue weighted by Gasteiger charge is -2.12. The van der Waals surface area contributed by atoms with Gasteiger partial charge in [-0.15, -0.1) is 0 Å². The average molecular weight is 308 g/mol. The van der Waals surface area contributed by atoms with Crippen LogP contribution in [0.3, 0.4) is 0 Å². The highest BCUT2D eigenvalue weighted by atomic mass is 16.5. The molecule has 0 saturated heterocycles. The first-order valence-corrected chi connectivity index (χ1v) is 7.24. The number of aryl methyl sites for hydroxylation is 1. The van der Waals surface area contributed by atoms with Crippen molar-refractivity contribution in [2.45, 2.75) is 13.5 Å². The van der Waals surface area contributed by atoms with E-state index in [1.165, 1.54) is 0 Å². The van der Waals surface area contributed by atoms with Gasteiger partial charge in [0, 0.05) is 11.3 Å². The Morgan fingerprint density at radius 2 is 1.61 bits per heavy atom. The average Bonchev–Trinajstić information content (AvgIpc) is 2.54. The van der Waals surface area contributed by atoms with Crippen LogP contribution >= 0.6 is 0 Å². The van der Waals surface area contributed by atoms with Crippen LogP contribution in [-0.4, -0.2) is 9.97 Å². The molecule has 0 aliphatic rings. The van der Waals surface area contributed by atoms with Crippen molar-refractivity contribution < 1.29 is 4.74 Å². The molecule has 3 rings (SSSR count). The van der Waals surface area contributed by atoms with Crippen molar-refractivity contribution in [2.24, 2.45) is 0 Å². The standard InChI is InChI=1S/C18H16N2O3/c1-12-16(17(21)20-18(22)19-12)14-9-5-6-10-15(14)23-11-13-7-3-2-4-8-13/h2-10H,11H2,1H3,(H2,19,20,21,22). The van der Waals surface area contributed by atoms with E-state index >= 15 is 0 Å². The zero-order valence-electron chi connectivity index (χ0n) is 12.6. The second-order valence-corrected chi connectivity index (χ2v) is 5.18. The van der Waals surface area contributed by atoms with Crippen LogP contribution in [0.25, 0.3) is 11.1 Å². The van der Waals surface area contributed by atoms with Crippen molar-refractivity contribution in [3.63, 3.8) is 0 Å². The number of aromatic nitrogens is 2. The van der Waals surface area contributed by atoms with E-state index in [0.717, 1.165) is 5.56 Å². The van der Waals surface area contributed by atoms with Gasteiger partial charge in [-0.2, -0.15) is 0 Å². The van der Waals surface area contributed by atoms with E-state index in [9.17, 15) is 9.59 Å². The minimum atomic E-state index is -0.515. The molecule has 23 heavy (non-hydrogen) atoms. The van der Waals surface area contributed by atoms with Crippen LogP contribution in [0.1, 0.15) is 11.3 Å². The fourth-order valence-electron chi connectivity index (χ4n) is 2.46. The van der Waals surface area contributed by atoms with Gasteiger partial charge in [0.2, 0.25) is 0 Å². The highest BCUT2D eigenvalue weighted by Crippen LogP contribution is 2.29. The lowest BCUT2D eigenvalue weighted by Crippen LogP contribution is -2.25. The van der Waals surface area contributed by atoms with Crippen LogP contribution in [0.5, 0.6) is 5.75 Å². The van der Waals surface area contributed by atoms with Crippen LogP contribution < -0.4 is 16.0 Å². The van der Waals surface area contributed by atoms with Crippen molar-refractivity contribution in [2.75, 3.05) is 0 Å².